The molecule has 0 unspecified atom stereocenters. The van der Waals surface area contributed by atoms with Crippen molar-refractivity contribution in [2.45, 2.75) is 13.8 Å². The van der Waals surface area contributed by atoms with Crippen LogP contribution in [0.2, 0.25) is 0 Å². The first-order valence-corrected chi connectivity index (χ1v) is 10.2. The van der Waals surface area contributed by atoms with E-state index in [4.69, 9.17) is 14.7 Å². The minimum Gasteiger partial charge on any atom is -0.378 e. The summed E-state index contributed by atoms with van der Waals surface area (Å²) in [5.41, 5.74) is 4.08. The summed E-state index contributed by atoms with van der Waals surface area (Å²) in [4.78, 5) is 28.8. The highest BCUT2D eigenvalue weighted by Gasteiger charge is 2.23. The van der Waals surface area contributed by atoms with E-state index in [1.54, 1.807) is 6.33 Å². The summed E-state index contributed by atoms with van der Waals surface area (Å²) in [6.07, 6.45) is 1.65. The van der Waals surface area contributed by atoms with E-state index in [9.17, 15) is 0 Å². The van der Waals surface area contributed by atoms with E-state index >= 15 is 0 Å². The summed E-state index contributed by atoms with van der Waals surface area (Å²) >= 11 is 0. The third kappa shape index (κ3) is 3.57. The zero-order valence-electron chi connectivity index (χ0n) is 16.9. The van der Waals surface area contributed by atoms with Crippen molar-refractivity contribution in [3.05, 3.63) is 29.8 Å². The molecule has 0 spiro atoms. The first kappa shape index (κ1) is 18.1. The molecule has 2 fully saturated rings. The molecule has 0 bridgehead atoms. The molecule has 0 aromatic carbocycles. The van der Waals surface area contributed by atoms with Crippen LogP contribution in [-0.4, -0.2) is 77.4 Å². The number of nitrogens with zero attached hydrogens (tertiary/aromatic N) is 7. The Morgan fingerprint density at radius 3 is 2.41 bits per heavy atom. The molecule has 2 aliphatic heterocycles. The monoisotopic (exact) mass is 394 g/mol. The first-order valence-electron chi connectivity index (χ1n) is 10.2. The Morgan fingerprint density at radius 2 is 1.62 bits per heavy atom. The second kappa shape index (κ2) is 7.47. The molecule has 1 N–H and O–H groups in total. The number of morpholine rings is 1. The second-order valence-corrected chi connectivity index (χ2v) is 7.65. The van der Waals surface area contributed by atoms with Crippen LogP contribution in [0.25, 0.3) is 11.0 Å². The number of nitrogens with one attached hydrogen (secondary N) is 1. The molecule has 0 aliphatic carbocycles. The maximum absolute atomic E-state index is 5.47. The maximum Gasteiger partial charge on any atom is 0.227 e. The zero-order valence-corrected chi connectivity index (χ0v) is 16.9. The maximum atomic E-state index is 5.47. The zero-order chi connectivity index (χ0) is 19.8. The number of H-pyrrole nitrogens is 1. The molecule has 0 atom stereocenters. The fourth-order valence-corrected chi connectivity index (χ4v) is 4.05. The van der Waals surface area contributed by atoms with E-state index in [-0.39, 0.29) is 0 Å². The van der Waals surface area contributed by atoms with Gasteiger partial charge in [-0.25, -0.2) is 15.0 Å². The minimum atomic E-state index is 0.753. The van der Waals surface area contributed by atoms with E-state index in [0.717, 1.165) is 92.5 Å². The van der Waals surface area contributed by atoms with Gasteiger partial charge in [0.1, 0.15) is 17.7 Å². The Bertz CT molecular complexity index is 1000. The van der Waals surface area contributed by atoms with Gasteiger partial charge in [0.2, 0.25) is 5.95 Å². The van der Waals surface area contributed by atoms with Crippen molar-refractivity contribution in [2.75, 3.05) is 67.2 Å². The van der Waals surface area contributed by atoms with Gasteiger partial charge in [0, 0.05) is 56.7 Å². The van der Waals surface area contributed by atoms with Gasteiger partial charge in [-0.1, -0.05) is 0 Å². The predicted molar refractivity (Wildman–Crippen MR) is 113 cm³/mol. The lowest BCUT2D eigenvalue weighted by molar-refractivity contribution is 0.122. The van der Waals surface area contributed by atoms with Crippen molar-refractivity contribution in [3.8, 4) is 0 Å². The molecule has 2 aliphatic rings. The Morgan fingerprint density at radius 1 is 0.862 bits per heavy atom. The summed E-state index contributed by atoms with van der Waals surface area (Å²) in [5, 5.41) is 0. The fraction of sp³-hybridized carbons (Fsp3) is 0.500. The van der Waals surface area contributed by atoms with Crippen LogP contribution in [-0.2, 0) is 4.74 Å². The second-order valence-electron chi connectivity index (χ2n) is 7.65. The molecule has 152 valence electrons. The number of hydrogen-bond donors (Lipinski definition) is 1. The highest BCUT2D eigenvalue weighted by atomic mass is 16.5. The average Bonchev–Trinajstić information content (AvgIpc) is 3.14. The number of anilines is 3. The molecule has 0 saturated carbocycles. The lowest BCUT2D eigenvalue weighted by Gasteiger charge is -2.36. The summed E-state index contributed by atoms with van der Waals surface area (Å²) in [5.74, 6) is 2.79. The average molecular weight is 394 g/mol. The van der Waals surface area contributed by atoms with Crippen molar-refractivity contribution in [3.63, 3.8) is 0 Å². The van der Waals surface area contributed by atoms with Crippen LogP contribution in [0, 0.1) is 13.8 Å². The SMILES string of the molecule is Cc1cc(N2CCOCC2)nc(N2CCN(c3ncnc4cc(C)[nH]c34)CC2)n1. The van der Waals surface area contributed by atoms with Crippen LogP contribution in [0.4, 0.5) is 17.6 Å². The van der Waals surface area contributed by atoms with Crippen LogP contribution in [0.3, 0.4) is 0 Å². The number of rotatable bonds is 3. The van der Waals surface area contributed by atoms with E-state index in [2.05, 4.69) is 41.8 Å². The molecule has 0 amide bonds. The van der Waals surface area contributed by atoms with Crippen molar-refractivity contribution >= 4 is 28.6 Å². The number of piperazine rings is 1. The summed E-state index contributed by atoms with van der Waals surface area (Å²) in [6, 6.07) is 4.13. The van der Waals surface area contributed by atoms with E-state index in [0.29, 0.717) is 0 Å². The number of aromatic nitrogens is 5. The minimum absolute atomic E-state index is 0.753. The van der Waals surface area contributed by atoms with Crippen molar-refractivity contribution < 1.29 is 4.74 Å². The number of aromatic amines is 1. The van der Waals surface area contributed by atoms with Crippen LogP contribution in [0.15, 0.2) is 18.5 Å². The summed E-state index contributed by atoms with van der Waals surface area (Å²) in [6.45, 7) is 10.8. The van der Waals surface area contributed by atoms with E-state index < -0.39 is 0 Å². The molecule has 5 rings (SSSR count). The molecule has 9 nitrogen and oxygen atoms in total. The van der Waals surface area contributed by atoms with Gasteiger partial charge in [0.15, 0.2) is 5.82 Å². The quantitative estimate of drug-likeness (QED) is 0.716. The molecular formula is C20H26N8O. The predicted octanol–water partition coefficient (Wildman–Crippen LogP) is 1.53. The number of fused-ring (bicyclic) bond motifs is 1. The highest BCUT2D eigenvalue weighted by molar-refractivity contribution is 5.86. The van der Waals surface area contributed by atoms with E-state index in [1.165, 1.54) is 0 Å². The van der Waals surface area contributed by atoms with Gasteiger partial charge in [-0.15, -0.1) is 0 Å². The number of aryl methyl sites for hydroxylation is 2. The third-order valence-electron chi connectivity index (χ3n) is 5.56. The van der Waals surface area contributed by atoms with Gasteiger partial charge in [-0.05, 0) is 19.9 Å². The van der Waals surface area contributed by atoms with Crippen LogP contribution in [0.1, 0.15) is 11.4 Å². The van der Waals surface area contributed by atoms with E-state index in [1.807, 2.05) is 13.8 Å². The highest BCUT2D eigenvalue weighted by Crippen LogP contribution is 2.25. The van der Waals surface area contributed by atoms with Crippen molar-refractivity contribution in [2.24, 2.45) is 0 Å². The van der Waals surface area contributed by atoms with Crippen LogP contribution >= 0.6 is 0 Å². The Balaban J connectivity index is 1.33. The van der Waals surface area contributed by atoms with Crippen molar-refractivity contribution in [1.29, 1.82) is 0 Å². The molecule has 5 heterocycles. The van der Waals surface area contributed by atoms with Crippen molar-refractivity contribution in [1.82, 2.24) is 24.9 Å². The molecule has 0 radical (unpaired) electrons. The fourth-order valence-electron chi connectivity index (χ4n) is 4.05. The lowest BCUT2D eigenvalue weighted by Crippen LogP contribution is -2.47. The molecule has 3 aromatic heterocycles. The van der Waals surface area contributed by atoms with Gasteiger partial charge in [0.25, 0.3) is 0 Å². The number of ether oxygens (including phenoxy) is 1. The topological polar surface area (TPSA) is 86.3 Å². The summed E-state index contributed by atoms with van der Waals surface area (Å²) < 4.78 is 5.47. The third-order valence-corrected chi connectivity index (χ3v) is 5.56. The normalized spacial score (nSPS) is 17.9. The Kier molecular flexibility index (Phi) is 4.67. The van der Waals surface area contributed by atoms with Gasteiger partial charge in [-0.3, -0.25) is 0 Å². The van der Waals surface area contributed by atoms with Gasteiger partial charge in [-0.2, -0.15) is 4.98 Å². The molecule has 2 saturated heterocycles. The van der Waals surface area contributed by atoms with Gasteiger partial charge in [0.05, 0.1) is 18.7 Å². The molecule has 29 heavy (non-hydrogen) atoms. The molecule has 3 aromatic rings. The molecular weight excluding hydrogens is 368 g/mol. The smallest absolute Gasteiger partial charge is 0.227 e. The lowest BCUT2D eigenvalue weighted by atomic mass is 10.3. The van der Waals surface area contributed by atoms with Crippen LogP contribution in [0.5, 0.6) is 0 Å². The van der Waals surface area contributed by atoms with Gasteiger partial charge >= 0.3 is 0 Å². The van der Waals surface area contributed by atoms with Crippen LogP contribution < -0.4 is 14.7 Å². The first-order chi connectivity index (χ1) is 14.2. The largest absolute Gasteiger partial charge is 0.378 e. The summed E-state index contributed by atoms with van der Waals surface area (Å²) in [7, 11) is 0. The van der Waals surface area contributed by atoms with Gasteiger partial charge < -0.3 is 24.4 Å². The Hall–Kier alpha value is -2.94. The Labute approximate surface area is 169 Å². The standard InChI is InChI=1S/C20H26N8O/c1-14-11-16-18(23-14)19(22-13-21-16)27-3-5-28(6-4-27)20-24-15(2)12-17(25-20)26-7-9-29-10-8-26/h11-13,23H,3-10H2,1-2H3. The number of hydrogen-bond acceptors (Lipinski definition) is 8. The molecule has 9 heteroatoms.